The maximum absolute atomic E-state index is 12.7. The summed E-state index contributed by atoms with van der Waals surface area (Å²) in [6, 6.07) is 13.8. The highest BCUT2D eigenvalue weighted by atomic mass is 79.9. The molecule has 2 amide bonds. The van der Waals surface area contributed by atoms with Crippen LogP contribution in [0.1, 0.15) is 0 Å². The average molecular weight is 468 g/mol. The number of hydrogen-bond donors (Lipinski definition) is 1. The smallest absolute Gasteiger partial charge is 0.246 e. The largest absolute Gasteiger partial charge is 0.496 e. The summed E-state index contributed by atoms with van der Waals surface area (Å²) >= 11 is 3.55. The van der Waals surface area contributed by atoms with Crippen molar-refractivity contribution in [3.63, 3.8) is 0 Å². The number of hydrogen-bond acceptors (Lipinski definition) is 3. The van der Waals surface area contributed by atoms with E-state index in [4.69, 9.17) is 4.74 Å². The zero-order chi connectivity index (χ0) is 21.3. The minimum Gasteiger partial charge on any atom is -0.496 e. The van der Waals surface area contributed by atoms with Gasteiger partial charge in [0.15, 0.2) is 0 Å². The number of ether oxygens (including phenoxy) is 1. The Morgan fingerprint density at radius 2 is 2.00 bits per heavy atom. The Morgan fingerprint density at radius 1 is 1.23 bits per heavy atom. The van der Waals surface area contributed by atoms with E-state index >= 15 is 0 Å². The fourth-order valence-corrected chi connectivity index (χ4v) is 4.15. The molecule has 1 fully saturated rings. The van der Waals surface area contributed by atoms with Gasteiger partial charge in [-0.1, -0.05) is 40.7 Å². The molecular formula is C23H22BrN3O3. The first kappa shape index (κ1) is 20.2. The molecule has 2 aromatic carbocycles. The van der Waals surface area contributed by atoms with Crippen LogP contribution in [0.3, 0.4) is 0 Å². The summed E-state index contributed by atoms with van der Waals surface area (Å²) < 4.78 is 8.46. The number of carbonyl (C=O) groups excluding carboxylic acids is 2. The zero-order valence-electron chi connectivity index (χ0n) is 16.6. The van der Waals surface area contributed by atoms with Crippen LogP contribution in [0.4, 0.5) is 0 Å². The highest BCUT2D eigenvalue weighted by Gasteiger charge is 2.30. The number of rotatable bonds is 6. The number of benzene rings is 2. The number of fused-ring (bicyclic) bond motifs is 1. The van der Waals surface area contributed by atoms with E-state index in [1.165, 1.54) is 6.08 Å². The van der Waals surface area contributed by atoms with E-state index in [1.807, 2.05) is 47.2 Å². The van der Waals surface area contributed by atoms with Crippen LogP contribution in [0.5, 0.6) is 5.75 Å². The Morgan fingerprint density at radius 3 is 2.73 bits per heavy atom. The number of halogens is 1. The van der Waals surface area contributed by atoms with Gasteiger partial charge in [0.05, 0.1) is 13.2 Å². The van der Waals surface area contributed by atoms with Crippen LogP contribution in [0.25, 0.3) is 22.0 Å². The number of methoxy groups -OCH3 is 1. The lowest BCUT2D eigenvalue weighted by Gasteiger charge is -2.38. The van der Waals surface area contributed by atoms with Crippen molar-refractivity contribution in [1.82, 2.24) is 14.8 Å². The van der Waals surface area contributed by atoms with Gasteiger partial charge in [-0.05, 0) is 30.3 Å². The van der Waals surface area contributed by atoms with Gasteiger partial charge in [0, 0.05) is 45.8 Å². The van der Waals surface area contributed by atoms with Crippen molar-refractivity contribution >= 4 is 38.6 Å². The molecule has 0 aliphatic carbocycles. The van der Waals surface area contributed by atoms with E-state index in [0.29, 0.717) is 13.1 Å². The zero-order valence-corrected chi connectivity index (χ0v) is 18.2. The fourth-order valence-electron chi connectivity index (χ4n) is 3.79. The second kappa shape index (κ2) is 8.36. The molecule has 1 aromatic heterocycles. The van der Waals surface area contributed by atoms with Crippen LogP contribution < -0.4 is 10.1 Å². The lowest BCUT2D eigenvalue weighted by atomic mass is 10.0. The van der Waals surface area contributed by atoms with Crippen molar-refractivity contribution in [2.24, 2.45) is 0 Å². The lowest BCUT2D eigenvalue weighted by molar-refractivity contribution is -0.133. The third-order valence-corrected chi connectivity index (χ3v) is 5.78. The molecular weight excluding hydrogens is 446 g/mol. The number of nitrogens with zero attached hydrogens (tertiary/aromatic N) is 2. The van der Waals surface area contributed by atoms with Gasteiger partial charge in [-0.3, -0.25) is 9.59 Å². The van der Waals surface area contributed by atoms with Crippen LogP contribution in [0, 0.1) is 0 Å². The standard InChI is InChI=1S/C23H22BrN3O3/c1-3-23(29)27-11-16(12-27)25-22(28)14-26-13-19(17-6-4-5-7-21(17)30-2)18-10-15(24)8-9-20(18)26/h3-10,13,16H,1,11-12,14H2,2H3,(H,25,28). The molecule has 0 unspecified atom stereocenters. The maximum Gasteiger partial charge on any atom is 0.246 e. The second-order valence-electron chi connectivity index (χ2n) is 7.24. The number of likely N-dealkylation sites (tertiary alicyclic amines) is 1. The van der Waals surface area contributed by atoms with Crippen LogP contribution in [-0.2, 0) is 16.1 Å². The third kappa shape index (κ3) is 3.85. The maximum atomic E-state index is 12.7. The Hall–Kier alpha value is -3.06. The van der Waals surface area contributed by atoms with E-state index in [-0.39, 0.29) is 24.4 Å². The van der Waals surface area contributed by atoms with Crippen LogP contribution in [0.15, 0.2) is 65.8 Å². The van der Waals surface area contributed by atoms with Crippen molar-refractivity contribution in [3.05, 3.63) is 65.8 Å². The molecule has 0 spiro atoms. The molecule has 1 N–H and O–H groups in total. The molecule has 6 nitrogen and oxygen atoms in total. The first-order valence-electron chi connectivity index (χ1n) is 9.62. The molecule has 4 rings (SSSR count). The van der Waals surface area contributed by atoms with Gasteiger partial charge in [-0.25, -0.2) is 0 Å². The number of nitrogens with one attached hydrogen (secondary N) is 1. The third-order valence-electron chi connectivity index (χ3n) is 5.29. The minimum atomic E-state index is -0.107. The SMILES string of the molecule is C=CC(=O)N1CC(NC(=O)Cn2cc(-c3ccccc3OC)c3cc(Br)ccc32)C1. The number of amides is 2. The molecule has 154 valence electrons. The monoisotopic (exact) mass is 467 g/mol. The van der Waals surface area contributed by atoms with Crippen molar-refractivity contribution in [1.29, 1.82) is 0 Å². The molecule has 1 saturated heterocycles. The molecule has 0 radical (unpaired) electrons. The summed E-state index contributed by atoms with van der Waals surface area (Å²) in [4.78, 5) is 25.9. The van der Waals surface area contributed by atoms with Gasteiger partial charge < -0.3 is 19.5 Å². The topological polar surface area (TPSA) is 63.6 Å². The molecule has 7 heteroatoms. The normalized spacial score (nSPS) is 13.7. The quantitative estimate of drug-likeness (QED) is 0.563. The fraction of sp³-hybridized carbons (Fsp3) is 0.217. The Kier molecular flexibility index (Phi) is 5.63. The second-order valence-corrected chi connectivity index (χ2v) is 8.16. The Bertz CT molecular complexity index is 1130. The summed E-state index contributed by atoms with van der Waals surface area (Å²) in [6.07, 6.45) is 3.28. The predicted octanol–water partition coefficient (Wildman–Crippen LogP) is 3.59. The average Bonchev–Trinajstić information content (AvgIpc) is 3.06. The van der Waals surface area contributed by atoms with Crippen molar-refractivity contribution in [2.45, 2.75) is 12.6 Å². The number of carbonyl (C=O) groups is 2. The van der Waals surface area contributed by atoms with Crippen LogP contribution >= 0.6 is 15.9 Å². The van der Waals surface area contributed by atoms with Crippen LogP contribution in [0.2, 0.25) is 0 Å². The molecule has 0 bridgehead atoms. The lowest BCUT2D eigenvalue weighted by Crippen LogP contribution is -2.61. The van der Waals surface area contributed by atoms with Crippen molar-refractivity contribution < 1.29 is 14.3 Å². The number of para-hydroxylation sites is 1. The molecule has 1 aliphatic heterocycles. The molecule has 0 atom stereocenters. The summed E-state index contributed by atoms with van der Waals surface area (Å²) in [5.74, 6) is 0.587. The van der Waals surface area contributed by atoms with Gasteiger partial charge in [-0.2, -0.15) is 0 Å². The van der Waals surface area contributed by atoms with E-state index < -0.39 is 0 Å². The van der Waals surface area contributed by atoms with Crippen molar-refractivity contribution in [2.75, 3.05) is 20.2 Å². The minimum absolute atomic E-state index is 0.0222. The van der Waals surface area contributed by atoms with E-state index in [2.05, 4.69) is 33.9 Å². The summed E-state index contributed by atoms with van der Waals surface area (Å²) in [6.45, 7) is 4.71. The Balaban J connectivity index is 1.58. The van der Waals surface area contributed by atoms with Gasteiger partial charge in [0.2, 0.25) is 11.8 Å². The van der Waals surface area contributed by atoms with Gasteiger partial charge in [0.1, 0.15) is 12.3 Å². The van der Waals surface area contributed by atoms with E-state index in [0.717, 1.165) is 32.3 Å². The summed E-state index contributed by atoms with van der Waals surface area (Å²) in [7, 11) is 1.65. The predicted molar refractivity (Wildman–Crippen MR) is 120 cm³/mol. The first-order valence-corrected chi connectivity index (χ1v) is 10.4. The first-order chi connectivity index (χ1) is 14.5. The molecule has 0 saturated carbocycles. The molecule has 3 aromatic rings. The van der Waals surface area contributed by atoms with E-state index in [1.54, 1.807) is 12.0 Å². The van der Waals surface area contributed by atoms with Gasteiger partial charge >= 0.3 is 0 Å². The molecule has 1 aliphatic rings. The molecule has 2 heterocycles. The van der Waals surface area contributed by atoms with Crippen LogP contribution in [-0.4, -0.2) is 47.5 Å². The molecule has 30 heavy (non-hydrogen) atoms. The van der Waals surface area contributed by atoms with E-state index in [9.17, 15) is 9.59 Å². The summed E-state index contributed by atoms with van der Waals surface area (Å²) in [5, 5.41) is 4.03. The summed E-state index contributed by atoms with van der Waals surface area (Å²) in [5.41, 5.74) is 2.94. The Labute approximate surface area is 183 Å². The highest BCUT2D eigenvalue weighted by Crippen LogP contribution is 2.37. The highest BCUT2D eigenvalue weighted by molar-refractivity contribution is 9.10. The number of aromatic nitrogens is 1. The van der Waals surface area contributed by atoms with Crippen molar-refractivity contribution in [3.8, 4) is 16.9 Å². The van der Waals surface area contributed by atoms with Gasteiger partial charge in [-0.15, -0.1) is 0 Å². The van der Waals surface area contributed by atoms with Gasteiger partial charge in [0.25, 0.3) is 0 Å².